The van der Waals surface area contributed by atoms with E-state index < -0.39 is 5.54 Å². The van der Waals surface area contributed by atoms with E-state index in [4.69, 9.17) is 9.47 Å². The fourth-order valence-corrected chi connectivity index (χ4v) is 3.85. The van der Waals surface area contributed by atoms with Gasteiger partial charge in [-0.3, -0.25) is 9.69 Å². The van der Waals surface area contributed by atoms with E-state index >= 15 is 0 Å². The van der Waals surface area contributed by atoms with Crippen molar-refractivity contribution < 1.29 is 19.1 Å². The van der Waals surface area contributed by atoms with Crippen molar-refractivity contribution in [2.45, 2.75) is 57.5 Å². The van der Waals surface area contributed by atoms with Gasteiger partial charge in [0.1, 0.15) is 5.54 Å². The zero-order valence-corrected chi connectivity index (χ0v) is 15.2. The number of rotatable bonds is 4. The molecule has 6 nitrogen and oxygen atoms in total. The molecule has 0 unspecified atom stereocenters. The maximum atomic E-state index is 13.0. The zero-order valence-electron chi connectivity index (χ0n) is 15.2. The number of imide groups is 1. The number of hydrogen-bond donors (Lipinski definition) is 1. The van der Waals surface area contributed by atoms with Crippen molar-refractivity contribution in [1.29, 1.82) is 0 Å². The normalized spacial score (nSPS) is 19.7. The number of nitrogens with zero attached hydrogens (tertiary/aromatic N) is 1. The van der Waals surface area contributed by atoms with E-state index in [1.165, 1.54) is 4.90 Å². The van der Waals surface area contributed by atoms with Crippen LogP contribution in [0.5, 0.6) is 11.5 Å². The fraction of sp³-hybridized carbons (Fsp3) is 0.579. The van der Waals surface area contributed by atoms with Crippen LogP contribution in [0.15, 0.2) is 12.1 Å². The third-order valence-corrected chi connectivity index (χ3v) is 5.37. The van der Waals surface area contributed by atoms with Gasteiger partial charge >= 0.3 is 6.03 Å². The highest BCUT2D eigenvalue weighted by Crippen LogP contribution is 2.35. The van der Waals surface area contributed by atoms with Crippen molar-refractivity contribution in [2.75, 3.05) is 14.2 Å². The molecule has 1 aromatic rings. The molecule has 1 N–H and O–H groups in total. The molecule has 0 atom stereocenters. The van der Waals surface area contributed by atoms with Gasteiger partial charge in [-0.1, -0.05) is 25.7 Å². The van der Waals surface area contributed by atoms with Crippen LogP contribution in [-0.2, 0) is 11.3 Å². The maximum Gasteiger partial charge on any atom is 0.325 e. The average molecular weight is 346 g/mol. The Morgan fingerprint density at radius 1 is 1.04 bits per heavy atom. The van der Waals surface area contributed by atoms with Gasteiger partial charge in [-0.2, -0.15) is 0 Å². The van der Waals surface area contributed by atoms with Crippen LogP contribution in [0.4, 0.5) is 4.79 Å². The van der Waals surface area contributed by atoms with Crippen molar-refractivity contribution in [2.24, 2.45) is 0 Å². The lowest BCUT2D eigenvalue weighted by atomic mass is 9.90. The van der Waals surface area contributed by atoms with E-state index in [0.29, 0.717) is 11.5 Å². The molecule has 3 rings (SSSR count). The lowest BCUT2D eigenvalue weighted by molar-refractivity contribution is -0.132. The second-order valence-corrected chi connectivity index (χ2v) is 6.95. The molecule has 0 radical (unpaired) electrons. The van der Waals surface area contributed by atoms with Crippen LogP contribution in [0.2, 0.25) is 0 Å². The number of hydrogen-bond acceptors (Lipinski definition) is 4. The summed E-state index contributed by atoms with van der Waals surface area (Å²) in [5.74, 6) is 1.15. The summed E-state index contributed by atoms with van der Waals surface area (Å²) in [5, 5.41) is 2.98. The summed E-state index contributed by atoms with van der Waals surface area (Å²) in [4.78, 5) is 26.9. The molecule has 0 aromatic heterocycles. The van der Waals surface area contributed by atoms with E-state index in [1.807, 2.05) is 19.1 Å². The van der Waals surface area contributed by atoms with Crippen molar-refractivity contribution in [3.63, 3.8) is 0 Å². The van der Waals surface area contributed by atoms with Crippen LogP contribution in [-0.4, -0.2) is 36.6 Å². The summed E-state index contributed by atoms with van der Waals surface area (Å²) < 4.78 is 10.7. The lowest BCUT2D eigenvalue weighted by Gasteiger charge is -2.25. The molecular formula is C19H26N2O4. The minimum Gasteiger partial charge on any atom is -0.493 e. The van der Waals surface area contributed by atoms with Crippen LogP contribution in [0.1, 0.15) is 49.7 Å². The molecule has 25 heavy (non-hydrogen) atoms. The Morgan fingerprint density at radius 2 is 1.64 bits per heavy atom. The number of methoxy groups -OCH3 is 2. The van der Waals surface area contributed by atoms with Gasteiger partial charge in [-0.05, 0) is 43.0 Å². The van der Waals surface area contributed by atoms with Crippen LogP contribution in [0, 0.1) is 6.92 Å². The molecule has 1 saturated carbocycles. The first-order chi connectivity index (χ1) is 12.0. The molecule has 2 aliphatic rings. The van der Waals surface area contributed by atoms with Crippen molar-refractivity contribution in [3.8, 4) is 11.5 Å². The molecule has 1 heterocycles. The van der Waals surface area contributed by atoms with Gasteiger partial charge in [0, 0.05) is 0 Å². The van der Waals surface area contributed by atoms with Crippen LogP contribution < -0.4 is 14.8 Å². The molecule has 1 spiro atoms. The van der Waals surface area contributed by atoms with Gasteiger partial charge in [0.15, 0.2) is 11.5 Å². The molecule has 1 saturated heterocycles. The first-order valence-electron chi connectivity index (χ1n) is 8.86. The van der Waals surface area contributed by atoms with Gasteiger partial charge in [-0.25, -0.2) is 4.79 Å². The van der Waals surface area contributed by atoms with E-state index in [2.05, 4.69) is 5.32 Å². The molecule has 1 aromatic carbocycles. The Balaban J connectivity index is 1.85. The lowest BCUT2D eigenvalue weighted by Crippen LogP contribution is -2.46. The third kappa shape index (κ3) is 3.17. The van der Waals surface area contributed by atoms with Crippen LogP contribution in [0.25, 0.3) is 0 Å². The number of aryl methyl sites for hydroxylation is 1. The van der Waals surface area contributed by atoms with Crippen LogP contribution >= 0.6 is 0 Å². The Kier molecular flexibility index (Phi) is 4.88. The highest BCUT2D eigenvalue weighted by atomic mass is 16.5. The molecule has 0 bridgehead atoms. The Labute approximate surface area is 148 Å². The molecule has 6 heteroatoms. The number of carbonyl (C=O) groups excluding carboxylic acids is 2. The van der Waals surface area contributed by atoms with Crippen molar-refractivity contribution in [1.82, 2.24) is 10.2 Å². The van der Waals surface area contributed by atoms with Gasteiger partial charge in [0.25, 0.3) is 5.91 Å². The number of amides is 3. The third-order valence-electron chi connectivity index (χ3n) is 5.37. The summed E-state index contributed by atoms with van der Waals surface area (Å²) in [7, 11) is 3.16. The second-order valence-electron chi connectivity index (χ2n) is 6.95. The predicted octanol–water partition coefficient (Wildman–Crippen LogP) is 3.16. The minimum absolute atomic E-state index is 0.0893. The second kappa shape index (κ2) is 6.94. The standard InChI is InChI=1S/C19H26N2O4/c1-13-10-15(24-2)16(25-3)11-14(13)12-21-17(22)19(20-18(21)23)8-6-4-5-7-9-19/h10-11H,4-9,12H2,1-3H3,(H,20,23). The van der Waals surface area contributed by atoms with Gasteiger partial charge in [0.2, 0.25) is 0 Å². The number of nitrogens with one attached hydrogen (secondary N) is 1. The first kappa shape index (κ1) is 17.6. The van der Waals surface area contributed by atoms with Gasteiger partial charge in [-0.15, -0.1) is 0 Å². The van der Waals surface area contributed by atoms with E-state index in [1.54, 1.807) is 14.2 Å². The topological polar surface area (TPSA) is 67.9 Å². The number of urea groups is 1. The Bertz CT molecular complexity index is 678. The van der Waals surface area contributed by atoms with E-state index in [0.717, 1.165) is 49.7 Å². The SMILES string of the molecule is COc1cc(C)c(CN2C(=O)NC3(CCCCCC3)C2=O)cc1OC. The molecule has 2 fully saturated rings. The summed E-state index contributed by atoms with van der Waals surface area (Å²) in [6.07, 6.45) is 5.68. The van der Waals surface area contributed by atoms with Crippen molar-refractivity contribution >= 4 is 11.9 Å². The smallest absolute Gasteiger partial charge is 0.325 e. The molecule has 1 aliphatic carbocycles. The summed E-state index contributed by atoms with van der Waals surface area (Å²) >= 11 is 0. The van der Waals surface area contributed by atoms with E-state index in [9.17, 15) is 9.59 Å². The average Bonchev–Trinajstić information content (AvgIpc) is 2.77. The number of carbonyl (C=O) groups is 2. The summed E-state index contributed by atoms with van der Waals surface area (Å²) in [6, 6.07) is 3.42. The Morgan fingerprint density at radius 3 is 2.24 bits per heavy atom. The maximum absolute atomic E-state index is 13.0. The molecule has 136 valence electrons. The summed E-state index contributed by atoms with van der Waals surface area (Å²) in [5.41, 5.74) is 1.14. The number of benzene rings is 1. The van der Waals surface area contributed by atoms with Gasteiger partial charge < -0.3 is 14.8 Å². The quantitative estimate of drug-likeness (QED) is 0.851. The zero-order chi connectivity index (χ0) is 18.0. The molecule has 1 aliphatic heterocycles. The fourth-order valence-electron chi connectivity index (χ4n) is 3.85. The first-order valence-corrected chi connectivity index (χ1v) is 8.86. The predicted molar refractivity (Wildman–Crippen MR) is 93.8 cm³/mol. The Hall–Kier alpha value is -2.24. The number of ether oxygens (including phenoxy) is 2. The highest BCUT2D eigenvalue weighted by molar-refractivity contribution is 6.07. The van der Waals surface area contributed by atoms with E-state index in [-0.39, 0.29) is 18.5 Å². The largest absolute Gasteiger partial charge is 0.493 e. The summed E-state index contributed by atoms with van der Waals surface area (Å²) in [6.45, 7) is 2.19. The molecular weight excluding hydrogens is 320 g/mol. The van der Waals surface area contributed by atoms with Gasteiger partial charge in [0.05, 0.1) is 20.8 Å². The van der Waals surface area contributed by atoms with Crippen molar-refractivity contribution in [3.05, 3.63) is 23.3 Å². The monoisotopic (exact) mass is 346 g/mol. The minimum atomic E-state index is -0.696. The molecule has 3 amide bonds. The van der Waals surface area contributed by atoms with Crippen LogP contribution in [0.3, 0.4) is 0 Å². The highest BCUT2D eigenvalue weighted by Gasteiger charge is 2.50.